The summed E-state index contributed by atoms with van der Waals surface area (Å²) in [5.41, 5.74) is 6.78. The molecule has 1 aromatic rings. The lowest BCUT2D eigenvalue weighted by atomic mass is 9.94. The smallest absolute Gasteiger partial charge is 0.193 e. The van der Waals surface area contributed by atoms with Crippen molar-refractivity contribution in [3.8, 4) is 5.75 Å². The summed E-state index contributed by atoms with van der Waals surface area (Å²) >= 11 is 0. The van der Waals surface area contributed by atoms with Gasteiger partial charge in [-0.25, -0.2) is 4.99 Å². The summed E-state index contributed by atoms with van der Waals surface area (Å²) in [6.45, 7) is 4.02. The normalized spacial score (nSPS) is 16.5. The molecule has 0 spiro atoms. The monoisotopic (exact) mass is 247 g/mol. The Kier molecular flexibility index (Phi) is 4.07. The van der Waals surface area contributed by atoms with E-state index in [9.17, 15) is 0 Å². The summed E-state index contributed by atoms with van der Waals surface area (Å²) in [4.78, 5) is 4.40. The fourth-order valence-corrected chi connectivity index (χ4v) is 1.78. The van der Waals surface area contributed by atoms with Crippen molar-refractivity contribution < 1.29 is 4.74 Å². The molecule has 98 valence electrons. The van der Waals surface area contributed by atoms with E-state index >= 15 is 0 Å². The molecule has 0 bridgehead atoms. The number of guanidine groups is 1. The summed E-state index contributed by atoms with van der Waals surface area (Å²) in [6, 6.07) is 8.17. The highest BCUT2D eigenvalue weighted by molar-refractivity contribution is 5.92. The van der Waals surface area contributed by atoms with Crippen LogP contribution in [0.4, 0.5) is 5.69 Å². The molecule has 2 rings (SSSR count). The first-order valence-electron chi connectivity index (χ1n) is 6.50. The van der Waals surface area contributed by atoms with Gasteiger partial charge in [-0.3, -0.25) is 0 Å². The molecule has 1 aliphatic rings. The molecule has 4 nitrogen and oxygen atoms in total. The van der Waals surface area contributed by atoms with Crippen LogP contribution in [0.1, 0.15) is 33.1 Å². The van der Waals surface area contributed by atoms with E-state index in [1.54, 1.807) is 0 Å². The van der Waals surface area contributed by atoms with Gasteiger partial charge in [-0.05, 0) is 57.4 Å². The maximum Gasteiger partial charge on any atom is 0.193 e. The fourth-order valence-electron chi connectivity index (χ4n) is 1.78. The summed E-state index contributed by atoms with van der Waals surface area (Å²) in [5.74, 6) is 1.36. The first-order valence-corrected chi connectivity index (χ1v) is 6.50. The third-order valence-electron chi connectivity index (χ3n) is 2.89. The van der Waals surface area contributed by atoms with Gasteiger partial charge >= 0.3 is 0 Å². The van der Waals surface area contributed by atoms with E-state index in [-0.39, 0.29) is 6.10 Å². The molecule has 0 heterocycles. The SMILES string of the molecule is CC(C)Oc1ccc(NC(N)=NC2CCC2)cc1. The number of rotatable bonds is 4. The van der Waals surface area contributed by atoms with Gasteiger partial charge in [-0.1, -0.05) is 0 Å². The molecule has 1 fully saturated rings. The molecule has 1 aromatic carbocycles. The number of aliphatic imine (C=N–C) groups is 1. The molecule has 0 aliphatic heterocycles. The third kappa shape index (κ3) is 3.65. The largest absolute Gasteiger partial charge is 0.491 e. The van der Waals surface area contributed by atoms with Crippen molar-refractivity contribution in [3.63, 3.8) is 0 Å². The number of nitrogens with one attached hydrogen (secondary N) is 1. The van der Waals surface area contributed by atoms with Crippen LogP contribution in [0.3, 0.4) is 0 Å². The minimum absolute atomic E-state index is 0.189. The Morgan fingerprint density at radius 2 is 2.00 bits per heavy atom. The molecule has 0 saturated heterocycles. The Morgan fingerprint density at radius 3 is 2.50 bits per heavy atom. The van der Waals surface area contributed by atoms with E-state index < -0.39 is 0 Å². The molecule has 0 radical (unpaired) electrons. The molecule has 4 heteroatoms. The Balaban J connectivity index is 1.90. The highest BCUT2D eigenvalue weighted by Gasteiger charge is 2.16. The minimum Gasteiger partial charge on any atom is -0.491 e. The van der Waals surface area contributed by atoms with Crippen molar-refractivity contribution in [1.29, 1.82) is 0 Å². The lowest BCUT2D eigenvalue weighted by Gasteiger charge is -2.21. The van der Waals surface area contributed by atoms with E-state index in [1.807, 2.05) is 38.1 Å². The van der Waals surface area contributed by atoms with Crippen LogP contribution in [0.15, 0.2) is 29.3 Å². The zero-order chi connectivity index (χ0) is 13.0. The highest BCUT2D eigenvalue weighted by Crippen LogP contribution is 2.22. The second kappa shape index (κ2) is 5.76. The Labute approximate surface area is 108 Å². The average Bonchev–Trinajstić information content (AvgIpc) is 2.26. The number of benzene rings is 1. The summed E-state index contributed by atoms with van der Waals surface area (Å²) in [7, 11) is 0. The van der Waals surface area contributed by atoms with Crippen LogP contribution in [0.25, 0.3) is 0 Å². The van der Waals surface area contributed by atoms with Crippen LogP contribution < -0.4 is 15.8 Å². The van der Waals surface area contributed by atoms with Crippen molar-refractivity contribution >= 4 is 11.6 Å². The van der Waals surface area contributed by atoms with Gasteiger partial charge in [0.1, 0.15) is 5.75 Å². The lowest BCUT2D eigenvalue weighted by molar-refractivity contribution is 0.242. The van der Waals surface area contributed by atoms with Gasteiger partial charge < -0.3 is 15.8 Å². The standard InChI is InChI=1S/C14H21N3O/c1-10(2)18-13-8-6-12(7-9-13)17-14(15)16-11-4-3-5-11/h6-11H,3-5H2,1-2H3,(H3,15,16,17). The summed E-state index contributed by atoms with van der Waals surface area (Å²) < 4.78 is 5.58. The van der Waals surface area contributed by atoms with Crippen LogP contribution in [0, 0.1) is 0 Å². The predicted octanol–water partition coefficient (Wildman–Crippen LogP) is 2.75. The van der Waals surface area contributed by atoms with Crippen molar-refractivity contribution in [1.82, 2.24) is 0 Å². The topological polar surface area (TPSA) is 59.6 Å². The third-order valence-corrected chi connectivity index (χ3v) is 2.89. The minimum atomic E-state index is 0.189. The van der Waals surface area contributed by atoms with Gasteiger partial charge in [0.15, 0.2) is 5.96 Å². The second-order valence-electron chi connectivity index (χ2n) is 4.92. The van der Waals surface area contributed by atoms with Crippen LogP contribution in [0.2, 0.25) is 0 Å². The number of anilines is 1. The number of ether oxygens (including phenoxy) is 1. The van der Waals surface area contributed by atoms with E-state index in [1.165, 1.54) is 6.42 Å². The van der Waals surface area contributed by atoms with Crippen LogP contribution in [-0.4, -0.2) is 18.1 Å². The molecule has 3 N–H and O–H groups in total. The maximum absolute atomic E-state index is 5.84. The van der Waals surface area contributed by atoms with Crippen molar-refractivity contribution in [3.05, 3.63) is 24.3 Å². The summed E-state index contributed by atoms with van der Waals surface area (Å²) in [6.07, 6.45) is 3.77. The van der Waals surface area contributed by atoms with Gasteiger partial charge in [-0.15, -0.1) is 0 Å². The van der Waals surface area contributed by atoms with Crippen LogP contribution >= 0.6 is 0 Å². The van der Waals surface area contributed by atoms with Gasteiger partial charge in [0, 0.05) is 5.69 Å². The molecular formula is C14H21N3O. The zero-order valence-corrected chi connectivity index (χ0v) is 11.0. The van der Waals surface area contributed by atoms with E-state index in [2.05, 4.69) is 10.3 Å². The molecule has 0 atom stereocenters. The Bertz CT molecular complexity index is 408. The number of hydrogen-bond acceptors (Lipinski definition) is 2. The van der Waals surface area contributed by atoms with Crippen molar-refractivity contribution in [2.75, 3.05) is 5.32 Å². The van der Waals surface area contributed by atoms with E-state index in [4.69, 9.17) is 10.5 Å². The quantitative estimate of drug-likeness (QED) is 0.635. The Morgan fingerprint density at radius 1 is 1.33 bits per heavy atom. The fraction of sp³-hybridized carbons (Fsp3) is 0.500. The molecule has 0 unspecified atom stereocenters. The lowest BCUT2D eigenvalue weighted by Crippen LogP contribution is -2.27. The summed E-state index contributed by atoms with van der Waals surface area (Å²) in [5, 5.41) is 3.09. The van der Waals surface area contributed by atoms with Gasteiger partial charge in [-0.2, -0.15) is 0 Å². The Hall–Kier alpha value is -1.71. The van der Waals surface area contributed by atoms with Gasteiger partial charge in [0.2, 0.25) is 0 Å². The number of nitrogens with zero attached hydrogens (tertiary/aromatic N) is 1. The van der Waals surface area contributed by atoms with Crippen molar-refractivity contribution in [2.24, 2.45) is 10.7 Å². The predicted molar refractivity (Wildman–Crippen MR) is 75.1 cm³/mol. The first-order chi connectivity index (χ1) is 8.63. The maximum atomic E-state index is 5.84. The molecule has 0 aromatic heterocycles. The van der Waals surface area contributed by atoms with Crippen molar-refractivity contribution in [2.45, 2.75) is 45.3 Å². The van der Waals surface area contributed by atoms with Gasteiger partial charge in [0.05, 0.1) is 12.1 Å². The van der Waals surface area contributed by atoms with Gasteiger partial charge in [0.25, 0.3) is 0 Å². The second-order valence-corrected chi connectivity index (χ2v) is 4.92. The molecular weight excluding hydrogens is 226 g/mol. The highest BCUT2D eigenvalue weighted by atomic mass is 16.5. The molecule has 1 aliphatic carbocycles. The molecule has 18 heavy (non-hydrogen) atoms. The van der Waals surface area contributed by atoms with E-state index in [0.717, 1.165) is 24.3 Å². The van der Waals surface area contributed by atoms with E-state index in [0.29, 0.717) is 12.0 Å². The van der Waals surface area contributed by atoms with Crippen LogP contribution in [0.5, 0.6) is 5.75 Å². The van der Waals surface area contributed by atoms with Crippen LogP contribution in [-0.2, 0) is 0 Å². The first kappa shape index (κ1) is 12.7. The molecule has 1 saturated carbocycles. The molecule has 0 amide bonds. The number of nitrogens with two attached hydrogens (primary N) is 1. The number of hydrogen-bond donors (Lipinski definition) is 2. The average molecular weight is 247 g/mol. The zero-order valence-electron chi connectivity index (χ0n) is 11.0.